The molecule has 3 heteroatoms. The summed E-state index contributed by atoms with van der Waals surface area (Å²) in [6.07, 6.45) is 0. The highest BCUT2D eigenvalue weighted by atomic mass is 16.1. The van der Waals surface area contributed by atoms with Crippen LogP contribution in [0.25, 0.3) is 22.2 Å². The average Bonchev–Trinajstić information content (AvgIpc) is 2.75. The van der Waals surface area contributed by atoms with Crippen molar-refractivity contribution in [2.45, 2.75) is 33.6 Å². The molecule has 0 saturated carbocycles. The lowest BCUT2D eigenvalue weighted by molar-refractivity contribution is 0.102. The van der Waals surface area contributed by atoms with Gasteiger partial charge in [0.1, 0.15) is 0 Å². The number of anilines is 1. The van der Waals surface area contributed by atoms with E-state index >= 15 is 0 Å². The number of hydrogen-bond acceptors (Lipinski definition) is 2. The van der Waals surface area contributed by atoms with Crippen LogP contribution in [0.3, 0.4) is 0 Å². The molecule has 0 atom stereocenters. The van der Waals surface area contributed by atoms with Crippen LogP contribution in [-0.2, 0) is 0 Å². The molecular formula is C27H26N2O. The number of rotatable bonds is 4. The lowest BCUT2D eigenvalue weighted by Crippen LogP contribution is -2.13. The lowest BCUT2D eigenvalue weighted by atomic mass is 10.0. The molecule has 0 unspecified atom stereocenters. The molecule has 150 valence electrons. The normalized spacial score (nSPS) is 11.1. The van der Waals surface area contributed by atoms with E-state index in [9.17, 15) is 4.79 Å². The fourth-order valence-electron chi connectivity index (χ4n) is 3.56. The lowest BCUT2D eigenvalue weighted by Gasteiger charge is -2.12. The van der Waals surface area contributed by atoms with Crippen LogP contribution in [0.2, 0.25) is 0 Å². The molecule has 1 amide bonds. The Balaban J connectivity index is 1.75. The zero-order valence-corrected chi connectivity index (χ0v) is 17.9. The van der Waals surface area contributed by atoms with E-state index < -0.39 is 0 Å². The molecule has 1 N–H and O–H groups in total. The standard InChI is InChI=1S/C27H26N2O/c1-17(2)20-11-13-22(14-12-20)28-27(30)24-16-26(21-10-9-18(3)19(4)15-21)29-25-8-6-5-7-23(24)25/h5-17H,1-4H3,(H,28,30). The van der Waals surface area contributed by atoms with Crippen molar-refractivity contribution in [2.75, 3.05) is 5.32 Å². The highest BCUT2D eigenvalue weighted by Gasteiger charge is 2.15. The first kappa shape index (κ1) is 19.8. The van der Waals surface area contributed by atoms with Gasteiger partial charge in [-0.1, -0.05) is 56.3 Å². The second-order valence-electron chi connectivity index (χ2n) is 8.10. The number of nitrogens with one attached hydrogen (secondary N) is 1. The molecule has 1 heterocycles. The Morgan fingerprint density at radius 2 is 1.60 bits per heavy atom. The molecule has 4 rings (SSSR count). The summed E-state index contributed by atoms with van der Waals surface area (Å²) in [5.74, 6) is 0.329. The monoisotopic (exact) mass is 394 g/mol. The average molecular weight is 395 g/mol. The van der Waals surface area contributed by atoms with Crippen molar-refractivity contribution in [2.24, 2.45) is 0 Å². The molecular weight excluding hydrogens is 368 g/mol. The third kappa shape index (κ3) is 3.97. The molecule has 0 fully saturated rings. The first-order valence-electron chi connectivity index (χ1n) is 10.3. The summed E-state index contributed by atoms with van der Waals surface area (Å²) in [6.45, 7) is 8.50. The van der Waals surface area contributed by atoms with Gasteiger partial charge in [0.15, 0.2) is 0 Å². The van der Waals surface area contributed by atoms with E-state index in [0.717, 1.165) is 27.8 Å². The molecule has 0 aliphatic rings. The third-order valence-corrected chi connectivity index (χ3v) is 5.60. The number of carbonyl (C=O) groups is 1. The smallest absolute Gasteiger partial charge is 0.256 e. The molecule has 0 aliphatic heterocycles. The van der Waals surface area contributed by atoms with Crippen molar-refractivity contribution in [3.8, 4) is 11.3 Å². The number of pyridine rings is 1. The summed E-state index contributed by atoms with van der Waals surface area (Å²) in [6, 6.07) is 24.0. The highest BCUT2D eigenvalue weighted by Crippen LogP contribution is 2.27. The van der Waals surface area contributed by atoms with Gasteiger partial charge in [-0.3, -0.25) is 4.79 Å². The van der Waals surface area contributed by atoms with E-state index in [1.54, 1.807) is 0 Å². The van der Waals surface area contributed by atoms with E-state index in [1.807, 2.05) is 42.5 Å². The first-order chi connectivity index (χ1) is 14.4. The summed E-state index contributed by atoms with van der Waals surface area (Å²) in [4.78, 5) is 18.0. The van der Waals surface area contributed by atoms with Crippen LogP contribution >= 0.6 is 0 Å². The van der Waals surface area contributed by atoms with E-state index in [1.165, 1.54) is 16.7 Å². The van der Waals surface area contributed by atoms with Crippen LogP contribution in [-0.4, -0.2) is 10.9 Å². The molecule has 0 saturated heterocycles. The van der Waals surface area contributed by atoms with Crippen molar-refractivity contribution in [3.63, 3.8) is 0 Å². The minimum atomic E-state index is -0.129. The predicted molar refractivity (Wildman–Crippen MR) is 125 cm³/mol. The van der Waals surface area contributed by atoms with Gasteiger partial charge in [-0.25, -0.2) is 4.98 Å². The van der Waals surface area contributed by atoms with Gasteiger partial charge in [-0.15, -0.1) is 0 Å². The minimum Gasteiger partial charge on any atom is -0.322 e. The minimum absolute atomic E-state index is 0.129. The summed E-state index contributed by atoms with van der Waals surface area (Å²) in [5, 5.41) is 3.90. The van der Waals surface area contributed by atoms with Crippen LogP contribution in [0.4, 0.5) is 5.69 Å². The molecule has 3 nitrogen and oxygen atoms in total. The number of aryl methyl sites for hydroxylation is 2. The topological polar surface area (TPSA) is 42.0 Å². The van der Waals surface area contributed by atoms with E-state index in [4.69, 9.17) is 4.98 Å². The predicted octanol–water partition coefficient (Wildman–Crippen LogP) is 6.89. The van der Waals surface area contributed by atoms with Gasteiger partial charge in [0, 0.05) is 16.6 Å². The van der Waals surface area contributed by atoms with Gasteiger partial charge < -0.3 is 5.32 Å². The maximum atomic E-state index is 13.2. The molecule has 0 aliphatic carbocycles. The molecule has 0 radical (unpaired) electrons. The third-order valence-electron chi connectivity index (χ3n) is 5.60. The van der Waals surface area contributed by atoms with Crippen LogP contribution in [0.15, 0.2) is 72.8 Å². The van der Waals surface area contributed by atoms with E-state index in [-0.39, 0.29) is 5.91 Å². The molecule has 30 heavy (non-hydrogen) atoms. The number of carbonyl (C=O) groups excluding carboxylic acids is 1. The maximum absolute atomic E-state index is 13.2. The van der Waals surface area contributed by atoms with Crippen molar-refractivity contribution in [1.82, 2.24) is 4.98 Å². The quantitative estimate of drug-likeness (QED) is 0.409. The van der Waals surface area contributed by atoms with Gasteiger partial charge in [-0.2, -0.15) is 0 Å². The van der Waals surface area contributed by atoms with Crippen molar-refractivity contribution >= 4 is 22.5 Å². The van der Waals surface area contributed by atoms with Crippen molar-refractivity contribution in [1.29, 1.82) is 0 Å². The number of fused-ring (bicyclic) bond motifs is 1. The number of para-hydroxylation sites is 1. The van der Waals surface area contributed by atoms with Crippen LogP contribution in [0, 0.1) is 13.8 Å². The van der Waals surface area contributed by atoms with Crippen molar-refractivity contribution < 1.29 is 4.79 Å². The molecule has 0 spiro atoms. The summed E-state index contributed by atoms with van der Waals surface area (Å²) < 4.78 is 0. The number of amides is 1. The van der Waals surface area contributed by atoms with Gasteiger partial charge in [0.25, 0.3) is 5.91 Å². The Hall–Kier alpha value is -3.46. The second-order valence-corrected chi connectivity index (χ2v) is 8.10. The highest BCUT2D eigenvalue weighted by molar-refractivity contribution is 6.13. The van der Waals surface area contributed by atoms with Crippen molar-refractivity contribution in [3.05, 3.63) is 95.1 Å². The largest absolute Gasteiger partial charge is 0.322 e. The summed E-state index contributed by atoms with van der Waals surface area (Å²) in [7, 11) is 0. The Morgan fingerprint density at radius 1 is 0.867 bits per heavy atom. The first-order valence-corrected chi connectivity index (χ1v) is 10.3. The molecule has 4 aromatic rings. The van der Waals surface area contributed by atoms with Gasteiger partial charge in [-0.05, 0) is 66.8 Å². The van der Waals surface area contributed by atoms with Gasteiger partial charge in [0.05, 0.1) is 16.8 Å². The van der Waals surface area contributed by atoms with Gasteiger partial charge in [0.2, 0.25) is 0 Å². The Morgan fingerprint density at radius 3 is 2.30 bits per heavy atom. The van der Waals surface area contributed by atoms with Gasteiger partial charge >= 0.3 is 0 Å². The second kappa shape index (κ2) is 8.11. The van der Waals surface area contributed by atoms with Crippen LogP contribution < -0.4 is 5.32 Å². The number of nitrogens with zero attached hydrogens (tertiary/aromatic N) is 1. The van der Waals surface area contributed by atoms with E-state index in [0.29, 0.717) is 11.5 Å². The zero-order chi connectivity index (χ0) is 21.3. The number of benzene rings is 3. The fraction of sp³-hybridized carbons (Fsp3) is 0.185. The maximum Gasteiger partial charge on any atom is 0.256 e. The number of hydrogen-bond donors (Lipinski definition) is 1. The zero-order valence-electron chi connectivity index (χ0n) is 17.9. The summed E-state index contributed by atoms with van der Waals surface area (Å²) >= 11 is 0. The molecule has 1 aromatic heterocycles. The Labute approximate surface area is 177 Å². The molecule has 0 bridgehead atoms. The van der Waals surface area contributed by atoms with E-state index in [2.05, 4.69) is 63.3 Å². The van der Waals surface area contributed by atoms with Crippen LogP contribution in [0.1, 0.15) is 46.8 Å². The summed E-state index contributed by atoms with van der Waals surface area (Å²) in [5.41, 5.74) is 7.74. The van der Waals surface area contributed by atoms with Crippen LogP contribution in [0.5, 0.6) is 0 Å². The fourth-order valence-corrected chi connectivity index (χ4v) is 3.56. The number of aromatic nitrogens is 1. The Bertz CT molecular complexity index is 1220. The Kier molecular flexibility index (Phi) is 5.37. The molecule has 3 aromatic carbocycles. The SMILES string of the molecule is Cc1ccc(-c2cc(C(=O)Nc3ccc(C(C)C)cc3)c3ccccc3n2)cc1C.